The van der Waals surface area contributed by atoms with E-state index in [0.717, 1.165) is 18.6 Å². The molecular formula is C7H10N2. The van der Waals surface area contributed by atoms with Crippen LogP contribution in [-0.4, -0.2) is 11.9 Å². The third kappa shape index (κ3) is 2.22. The maximum absolute atomic E-state index is 3.88. The highest BCUT2D eigenvalue weighted by Crippen LogP contribution is 1.93. The molecule has 0 aromatic carbocycles. The Kier molecular flexibility index (Phi) is 2.19. The van der Waals surface area contributed by atoms with Gasteiger partial charge in [-0.15, -0.1) is 0 Å². The third-order valence-electron chi connectivity index (χ3n) is 1.12. The van der Waals surface area contributed by atoms with E-state index in [1.54, 1.807) is 0 Å². The Morgan fingerprint density at radius 3 is 3.22 bits per heavy atom. The zero-order valence-corrected chi connectivity index (χ0v) is 5.54. The van der Waals surface area contributed by atoms with E-state index in [-0.39, 0.29) is 0 Å². The summed E-state index contributed by atoms with van der Waals surface area (Å²) in [6.07, 6.45) is 8.04. The zero-order valence-electron chi connectivity index (χ0n) is 5.54. The van der Waals surface area contributed by atoms with Gasteiger partial charge in [-0.25, -0.2) is 0 Å². The number of nitrogens with zero attached hydrogens (tertiary/aromatic N) is 2. The fourth-order valence-electron chi connectivity index (χ4n) is 0.648. The SMILES string of the molecule is C/C1=N/N=C\CCC=C1. The number of hydrogen-bond donors (Lipinski definition) is 0. The molecule has 0 fully saturated rings. The van der Waals surface area contributed by atoms with Crippen LogP contribution in [0.1, 0.15) is 19.8 Å². The lowest BCUT2D eigenvalue weighted by Gasteiger charge is -1.91. The van der Waals surface area contributed by atoms with Gasteiger partial charge in [0.15, 0.2) is 0 Å². The number of hydrogen-bond acceptors (Lipinski definition) is 2. The van der Waals surface area contributed by atoms with Gasteiger partial charge in [-0.2, -0.15) is 10.2 Å². The van der Waals surface area contributed by atoms with Crippen LogP contribution in [0.4, 0.5) is 0 Å². The molecule has 0 aliphatic carbocycles. The highest BCUT2D eigenvalue weighted by Gasteiger charge is 1.84. The molecule has 0 aromatic rings. The van der Waals surface area contributed by atoms with Crippen molar-refractivity contribution in [3.63, 3.8) is 0 Å². The molecule has 2 heteroatoms. The summed E-state index contributed by atoms with van der Waals surface area (Å²) >= 11 is 0. The molecule has 0 bridgehead atoms. The molecule has 2 nitrogen and oxygen atoms in total. The predicted molar refractivity (Wildman–Crippen MR) is 40.0 cm³/mol. The molecule has 1 aliphatic rings. The molecule has 1 aliphatic heterocycles. The van der Waals surface area contributed by atoms with Crippen LogP contribution in [0.2, 0.25) is 0 Å². The molecule has 0 N–H and O–H groups in total. The molecule has 0 saturated heterocycles. The lowest BCUT2D eigenvalue weighted by Crippen LogP contribution is -1.85. The summed E-state index contributed by atoms with van der Waals surface area (Å²) in [6.45, 7) is 1.94. The van der Waals surface area contributed by atoms with E-state index in [2.05, 4.69) is 16.3 Å². The second kappa shape index (κ2) is 3.17. The quantitative estimate of drug-likeness (QED) is 0.468. The van der Waals surface area contributed by atoms with Crippen molar-refractivity contribution in [1.82, 2.24) is 0 Å². The Hall–Kier alpha value is -0.920. The average molecular weight is 122 g/mol. The fraction of sp³-hybridized carbons (Fsp3) is 0.429. The monoisotopic (exact) mass is 122 g/mol. The summed E-state index contributed by atoms with van der Waals surface area (Å²) in [4.78, 5) is 0. The first-order valence-electron chi connectivity index (χ1n) is 3.12. The standard InChI is InChI=1S/C7H10N2/c1-7-5-3-2-4-6-8-9-7/h3,5-6H,2,4H2,1H3/b5-3?,8-6-,9-7-. The second-order valence-corrected chi connectivity index (χ2v) is 2.02. The molecule has 0 spiro atoms. The lowest BCUT2D eigenvalue weighted by molar-refractivity contribution is 1.08. The maximum Gasteiger partial charge on any atom is 0.0596 e. The Morgan fingerprint density at radius 1 is 1.44 bits per heavy atom. The highest BCUT2D eigenvalue weighted by atomic mass is 15.2. The van der Waals surface area contributed by atoms with E-state index in [1.807, 2.05) is 19.2 Å². The second-order valence-electron chi connectivity index (χ2n) is 2.02. The van der Waals surface area contributed by atoms with Crippen LogP contribution in [0.5, 0.6) is 0 Å². The lowest BCUT2D eigenvalue weighted by atomic mass is 10.2. The maximum atomic E-state index is 3.88. The molecule has 9 heavy (non-hydrogen) atoms. The van der Waals surface area contributed by atoms with Gasteiger partial charge in [0, 0.05) is 6.21 Å². The van der Waals surface area contributed by atoms with Crippen LogP contribution in [0.3, 0.4) is 0 Å². The average Bonchev–Trinajstić information content (AvgIpc) is 1.79. The molecule has 0 atom stereocenters. The minimum Gasteiger partial charge on any atom is -0.163 e. The van der Waals surface area contributed by atoms with Crippen LogP contribution < -0.4 is 0 Å². The Labute approximate surface area is 55.0 Å². The summed E-state index contributed by atoms with van der Waals surface area (Å²) in [5, 5.41) is 7.71. The summed E-state index contributed by atoms with van der Waals surface area (Å²) in [5.41, 5.74) is 0.978. The largest absolute Gasteiger partial charge is 0.163 e. The minimum atomic E-state index is 0.978. The molecule has 0 amide bonds. The van der Waals surface area contributed by atoms with Crippen LogP contribution in [0, 0.1) is 0 Å². The first-order chi connectivity index (χ1) is 4.39. The molecule has 0 radical (unpaired) electrons. The van der Waals surface area contributed by atoms with Gasteiger partial charge >= 0.3 is 0 Å². The van der Waals surface area contributed by atoms with Crippen LogP contribution in [0.25, 0.3) is 0 Å². The smallest absolute Gasteiger partial charge is 0.0596 e. The van der Waals surface area contributed by atoms with Crippen molar-refractivity contribution in [1.29, 1.82) is 0 Å². The summed E-state index contributed by atoms with van der Waals surface area (Å²) in [7, 11) is 0. The van der Waals surface area contributed by atoms with E-state index in [0.29, 0.717) is 0 Å². The van der Waals surface area contributed by atoms with Gasteiger partial charge in [0.2, 0.25) is 0 Å². The van der Waals surface area contributed by atoms with Crippen molar-refractivity contribution in [3.05, 3.63) is 12.2 Å². The Balaban J connectivity index is 2.66. The van der Waals surface area contributed by atoms with Crippen LogP contribution in [-0.2, 0) is 0 Å². The van der Waals surface area contributed by atoms with Gasteiger partial charge in [0.05, 0.1) is 5.71 Å². The minimum absolute atomic E-state index is 0.978. The predicted octanol–water partition coefficient (Wildman–Crippen LogP) is 1.78. The molecule has 1 heterocycles. The Bertz CT molecular complexity index is 166. The zero-order chi connectivity index (χ0) is 6.53. The van der Waals surface area contributed by atoms with Crippen LogP contribution >= 0.6 is 0 Å². The van der Waals surface area contributed by atoms with E-state index in [9.17, 15) is 0 Å². The van der Waals surface area contributed by atoms with Gasteiger partial charge < -0.3 is 0 Å². The summed E-state index contributed by atoms with van der Waals surface area (Å²) in [6, 6.07) is 0. The van der Waals surface area contributed by atoms with E-state index in [1.165, 1.54) is 0 Å². The van der Waals surface area contributed by atoms with Crippen LogP contribution in [0.15, 0.2) is 22.4 Å². The summed E-state index contributed by atoms with van der Waals surface area (Å²) < 4.78 is 0. The first kappa shape index (κ1) is 6.20. The summed E-state index contributed by atoms with van der Waals surface area (Å²) in [5.74, 6) is 0. The molecule has 48 valence electrons. The van der Waals surface area contributed by atoms with Gasteiger partial charge in [-0.05, 0) is 25.8 Å². The highest BCUT2D eigenvalue weighted by molar-refractivity contribution is 5.93. The van der Waals surface area contributed by atoms with Gasteiger partial charge in [0.1, 0.15) is 0 Å². The molecule has 0 unspecified atom stereocenters. The van der Waals surface area contributed by atoms with Crippen molar-refractivity contribution in [2.45, 2.75) is 19.8 Å². The normalized spacial score (nSPS) is 27.9. The van der Waals surface area contributed by atoms with E-state index in [4.69, 9.17) is 0 Å². The molecule has 0 aromatic heterocycles. The topological polar surface area (TPSA) is 24.7 Å². The first-order valence-corrected chi connectivity index (χ1v) is 3.12. The Morgan fingerprint density at radius 2 is 2.33 bits per heavy atom. The number of rotatable bonds is 0. The molecule has 1 rings (SSSR count). The fourth-order valence-corrected chi connectivity index (χ4v) is 0.648. The number of allylic oxidation sites excluding steroid dienone is 2. The van der Waals surface area contributed by atoms with E-state index < -0.39 is 0 Å². The van der Waals surface area contributed by atoms with E-state index >= 15 is 0 Å². The van der Waals surface area contributed by atoms with Crippen molar-refractivity contribution >= 4 is 11.9 Å². The van der Waals surface area contributed by atoms with Gasteiger partial charge in [0.25, 0.3) is 0 Å². The van der Waals surface area contributed by atoms with Crippen molar-refractivity contribution < 1.29 is 0 Å². The van der Waals surface area contributed by atoms with Gasteiger partial charge in [-0.1, -0.05) is 6.08 Å². The van der Waals surface area contributed by atoms with Crippen molar-refractivity contribution in [2.75, 3.05) is 0 Å². The van der Waals surface area contributed by atoms with Gasteiger partial charge in [-0.3, -0.25) is 0 Å². The third-order valence-corrected chi connectivity index (χ3v) is 1.12. The molecular weight excluding hydrogens is 112 g/mol. The van der Waals surface area contributed by atoms with Crippen molar-refractivity contribution in [3.8, 4) is 0 Å². The molecule has 0 saturated carbocycles. The van der Waals surface area contributed by atoms with Crippen molar-refractivity contribution in [2.24, 2.45) is 10.2 Å².